The minimum atomic E-state index is -0.395. The average Bonchev–Trinajstić information content (AvgIpc) is 3.51. The second-order valence-electron chi connectivity index (χ2n) is 8.03. The summed E-state index contributed by atoms with van der Waals surface area (Å²) in [5.41, 5.74) is 5.53. The van der Waals surface area contributed by atoms with Crippen LogP contribution in [0, 0.1) is 19.8 Å². The van der Waals surface area contributed by atoms with E-state index in [0.717, 1.165) is 6.42 Å². The lowest BCUT2D eigenvalue weighted by atomic mass is 9.84. The fourth-order valence-electron chi connectivity index (χ4n) is 4.27. The van der Waals surface area contributed by atoms with Crippen molar-refractivity contribution in [2.75, 3.05) is 12.4 Å². The molecule has 0 aromatic heterocycles. The number of nitrogens with one attached hydrogen (secondary N) is 1. The van der Waals surface area contributed by atoms with E-state index in [0.29, 0.717) is 11.3 Å². The molecule has 4 rings (SSSR count). The number of esters is 1. The molecule has 1 amide bonds. The molecule has 30 heavy (non-hydrogen) atoms. The number of carbonyl (C=O) groups excluding carboxylic acids is 2. The number of hydrogen-bond donors (Lipinski definition) is 1. The van der Waals surface area contributed by atoms with Crippen LogP contribution in [0.1, 0.15) is 39.0 Å². The van der Waals surface area contributed by atoms with Crippen molar-refractivity contribution in [3.05, 3.63) is 101 Å². The first-order valence-electron chi connectivity index (χ1n) is 10.1. The molecular formula is C26H25NO3. The van der Waals surface area contributed by atoms with Gasteiger partial charge in [0.15, 0.2) is 0 Å². The number of hydrogen-bond acceptors (Lipinski definition) is 3. The molecule has 3 aromatic rings. The van der Waals surface area contributed by atoms with Gasteiger partial charge in [0, 0.05) is 11.1 Å². The molecular weight excluding hydrogens is 374 g/mol. The summed E-state index contributed by atoms with van der Waals surface area (Å²) in [4.78, 5) is 24.8. The van der Waals surface area contributed by atoms with Crippen LogP contribution in [-0.4, -0.2) is 19.0 Å². The van der Waals surface area contributed by atoms with E-state index >= 15 is 0 Å². The van der Waals surface area contributed by atoms with Crippen LogP contribution >= 0.6 is 0 Å². The van der Waals surface area contributed by atoms with Crippen molar-refractivity contribution in [2.45, 2.75) is 25.7 Å². The van der Waals surface area contributed by atoms with Gasteiger partial charge in [0.1, 0.15) is 0 Å². The molecule has 0 aliphatic heterocycles. The Labute approximate surface area is 176 Å². The minimum Gasteiger partial charge on any atom is -0.465 e. The molecule has 1 aliphatic rings. The number of anilines is 1. The Morgan fingerprint density at radius 3 is 1.97 bits per heavy atom. The molecule has 1 aliphatic carbocycles. The first kappa shape index (κ1) is 19.9. The summed E-state index contributed by atoms with van der Waals surface area (Å²) in [5, 5.41) is 3.02. The zero-order chi connectivity index (χ0) is 21.3. The summed E-state index contributed by atoms with van der Waals surface area (Å²) >= 11 is 0. The number of carbonyl (C=O) groups is 2. The van der Waals surface area contributed by atoms with E-state index in [1.54, 1.807) is 24.3 Å². The second kappa shape index (κ2) is 7.79. The number of amides is 1. The van der Waals surface area contributed by atoms with E-state index in [2.05, 4.69) is 67.7 Å². The van der Waals surface area contributed by atoms with Gasteiger partial charge in [0.25, 0.3) is 0 Å². The highest BCUT2D eigenvalue weighted by Crippen LogP contribution is 2.59. The van der Waals surface area contributed by atoms with Gasteiger partial charge in [-0.1, -0.05) is 59.7 Å². The maximum absolute atomic E-state index is 13.2. The summed E-state index contributed by atoms with van der Waals surface area (Å²) in [5.74, 6) is -0.557. The van der Waals surface area contributed by atoms with Crippen molar-refractivity contribution in [2.24, 2.45) is 5.92 Å². The standard InChI is InChI=1S/C26H25NO3/c1-17-6-4-8-20(14-17)26(21-9-5-7-18(2)15-21)16-23(26)24(28)27-22-12-10-19(11-13-22)25(29)30-3/h4-15,23H,16H2,1-3H3,(H,27,28). The predicted molar refractivity (Wildman–Crippen MR) is 118 cm³/mol. The summed E-state index contributed by atoms with van der Waals surface area (Å²) in [6.07, 6.45) is 0.770. The maximum Gasteiger partial charge on any atom is 0.337 e. The van der Waals surface area contributed by atoms with Crippen molar-refractivity contribution < 1.29 is 14.3 Å². The van der Waals surface area contributed by atoms with Gasteiger partial charge >= 0.3 is 5.97 Å². The first-order chi connectivity index (χ1) is 14.4. The molecule has 1 atom stereocenters. The van der Waals surface area contributed by atoms with Crippen molar-refractivity contribution >= 4 is 17.6 Å². The third-order valence-electron chi connectivity index (χ3n) is 5.92. The Morgan fingerprint density at radius 1 is 0.900 bits per heavy atom. The Morgan fingerprint density at radius 2 is 1.47 bits per heavy atom. The van der Waals surface area contributed by atoms with Gasteiger partial charge in [-0.15, -0.1) is 0 Å². The van der Waals surface area contributed by atoms with E-state index in [4.69, 9.17) is 4.74 Å². The van der Waals surface area contributed by atoms with Crippen LogP contribution in [0.5, 0.6) is 0 Å². The van der Waals surface area contributed by atoms with Gasteiger partial charge in [0.2, 0.25) is 5.91 Å². The van der Waals surface area contributed by atoms with E-state index in [9.17, 15) is 9.59 Å². The molecule has 0 radical (unpaired) electrons. The summed E-state index contributed by atoms with van der Waals surface area (Å²) in [6, 6.07) is 23.6. The topological polar surface area (TPSA) is 55.4 Å². The number of aryl methyl sites for hydroxylation is 2. The quantitative estimate of drug-likeness (QED) is 0.612. The Bertz CT molecular complexity index is 1060. The summed E-state index contributed by atoms with van der Waals surface area (Å²) in [6.45, 7) is 4.15. The number of rotatable bonds is 5. The SMILES string of the molecule is COC(=O)c1ccc(NC(=O)C2CC2(c2cccc(C)c2)c2cccc(C)c2)cc1. The monoisotopic (exact) mass is 399 g/mol. The van der Waals surface area contributed by atoms with Crippen molar-refractivity contribution in [1.82, 2.24) is 0 Å². The van der Waals surface area contributed by atoms with Gasteiger partial charge in [-0.2, -0.15) is 0 Å². The van der Waals surface area contributed by atoms with Gasteiger partial charge in [-0.25, -0.2) is 4.79 Å². The fourth-order valence-corrected chi connectivity index (χ4v) is 4.27. The minimum absolute atomic E-state index is 0.0103. The molecule has 1 N–H and O–H groups in total. The summed E-state index contributed by atoms with van der Waals surface area (Å²) < 4.78 is 4.72. The fraction of sp³-hybridized carbons (Fsp3) is 0.231. The zero-order valence-electron chi connectivity index (χ0n) is 17.4. The summed E-state index contributed by atoms with van der Waals surface area (Å²) in [7, 11) is 1.35. The molecule has 3 aromatic carbocycles. The van der Waals surface area contributed by atoms with Crippen LogP contribution < -0.4 is 5.32 Å². The Kier molecular flexibility index (Phi) is 5.17. The van der Waals surface area contributed by atoms with Gasteiger partial charge < -0.3 is 10.1 Å². The van der Waals surface area contributed by atoms with Crippen LogP contribution in [0.3, 0.4) is 0 Å². The van der Waals surface area contributed by atoms with Gasteiger partial charge in [-0.3, -0.25) is 4.79 Å². The van der Waals surface area contributed by atoms with Crippen molar-refractivity contribution in [3.8, 4) is 0 Å². The van der Waals surface area contributed by atoms with E-state index in [-0.39, 0.29) is 17.2 Å². The van der Waals surface area contributed by atoms with Crippen LogP contribution in [0.25, 0.3) is 0 Å². The number of methoxy groups -OCH3 is 1. The highest BCUT2D eigenvalue weighted by molar-refractivity contribution is 5.97. The molecule has 1 unspecified atom stereocenters. The number of ether oxygens (including phenoxy) is 1. The lowest BCUT2D eigenvalue weighted by Gasteiger charge is -2.20. The lowest BCUT2D eigenvalue weighted by molar-refractivity contribution is -0.117. The van der Waals surface area contributed by atoms with E-state index < -0.39 is 5.97 Å². The first-order valence-corrected chi connectivity index (χ1v) is 10.1. The van der Waals surface area contributed by atoms with Crippen LogP contribution in [0.15, 0.2) is 72.8 Å². The Hall–Kier alpha value is -3.40. The van der Waals surface area contributed by atoms with Crippen LogP contribution in [0.2, 0.25) is 0 Å². The largest absolute Gasteiger partial charge is 0.465 e. The average molecular weight is 399 g/mol. The molecule has 4 heteroatoms. The predicted octanol–water partition coefficient (Wildman–Crippen LogP) is 5.03. The molecule has 152 valence electrons. The second-order valence-corrected chi connectivity index (χ2v) is 8.03. The molecule has 0 spiro atoms. The molecule has 1 fully saturated rings. The highest BCUT2D eigenvalue weighted by atomic mass is 16.5. The van der Waals surface area contributed by atoms with Crippen molar-refractivity contribution in [1.29, 1.82) is 0 Å². The molecule has 1 saturated carbocycles. The lowest BCUT2D eigenvalue weighted by Crippen LogP contribution is -2.22. The molecule has 4 nitrogen and oxygen atoms in total. The van der Waals surface area contributed by atoms with Gasteiger partial charge in [-0.05, 0) is 55.7 Å². The molecule has 0 heterocycles. The zero-order valence-corrected chi connectivity index (χ0v) is 17.4. The molecule has 0 saturated heterocycles. The third-order valence-corrected chi connectivity index (χ3v) is 5.92. The third kappa shape index (κ3) is 3.61. The maximum atomic E-state index is 13.2. The van der Waals surface area contributed by atoms with E-state index in [1.807, 2.05) is 0 Å². The van der Waals surface area contributed by atoms with Gasteiger partial charge in [0.05, 0.1) is 18.6 Å². The molecule has 0 bridgehead atoms. The normalized spacial score (nSPS) is 16.6. The smallest absolute Gasteiger partial charge is 0.337 e. The van der Waals surface area contributed by atoms with Crippen LogP contribution in [0.4, 0.5) is 5.69 Å². The van der Waals surface area contributed by atoms with Crippen molar-refractivity contribution in [3.63, 3.8) is 0 Å². The number of benzene rings is 3. The Balaban J connectivity index is 1.62. The highest BCUT2D eigenvalue weighted by Gasteiger charge is 2.60. The van der Waals surface area contributed by atoms with Crippen LogP contribution in [-0.2, 0) is 14.9 Å². The van der Waals surface area contributed by atoms with E-state index in [1.165, 1.54) is 29.4 Å².